The third-order valence-electron chi connectivity index (χ3n) is 4.32. The van der Waals surface area contributed by atoms with Crippen molar-refractivity contribution in [1.82, 2.24) is 15.6 Å². The fraction of sp³-hybridized carbons (Fsp3) is 0.375. The molecule has 3 atom stereocenters. The minimum atomic E-state index is 0.0280. The summed E-state index contributed by atoms with van der Waals surface area (Å²) in [6.45, 7) is 0. The lowest BCUT2D eigenvalue weighted by Crippen LogP contribution is -2.42. The summed E-state index contributed by atoms with van der Waals surface area (Å²) < 4.78 is 1.04. The molecule has 2 aliphatic rings. The van der Waals surface area contributed by atoms with Gasteiger partial charge < -0.3 is 10.6 Å². The van der Waals surface area contributed by atoms with Crippen molar-refractivity contribution in [3.8, 4) is 0 Å². The van der Waals surface area contributed by atoms with E-state index < -0.39 is 0 Å². The standard InChI is InChI=1S/C16H16ClN3OS2/c17-9-5-6-18-14(7-9)23-15-4-3-13(22-15)16(21)20-12-8-10-1-2-11(12)19-10/h3-7,10-12,19H,1-2,8H2,(H,20,21)/t10-,11+,12-/m1/s1. The van der Waals surface area contributed by atoms with Gasteiger partial charge in [0.05, 0.1) is 9.09 Å². The number of aromatic nitrogens is 1. The number of amides is 1. The van der Waals surface area contributed by atoms with Gasteiger partial charge in [-0.05, 0) is 43.5 Å². The van der Waals surface area contributed by atoms with Crippen LogP contribution in [0.15, 0.2) is 39.7 Å². The van der Waals surface area contributed by atoms with Crippen molar-refractivity contribution >= 4 is 40.6 Å². The molecule has 0 unspecified atom stereocenters. The monoisotopic (exact) mass is 365 g/mol. The summed E-state index contributed by atoms with van der Waals surface area (Å²) in [5.74, 6) is 0.0280. The van der Waals surface area contributed by atoms with Crippen molar-refractivity contribution in [1.29, 1.82) is 0 Å². The van der Waals surface area contributed by atoms with Gasteiger partial charge in [0, 0.05) is 29.3 Å². The molecule has 4 heterocycles. The number of nitrogens with one attached hydrogen (secondary N) is 2. The van der Waals surface area contributed by atoms with Crippen molar-refractivity contribution in [2.24, 2.45) is 0 Å². The maximum Gasteiger partial charge on any atom is 0.261 e. The van der Waals surface area contributed by atoms with Crippen molar-refractivity contribution in [2.75, 3.05) is 0 Å². The zero-order valence-electron chi connectivity index (χ0n) is 12.3. The molecular formula is C16H16ClN3OS2. The van der Waals surface area contributed by atoms with E-state index in [2.05, 4.69) is 15.6 Å². The molecule has 0 aromatic carbocycles. The van der Waals surface area contributed by atoms with Crippen LogP contribution in [-0.2, 0) is 0 Å². The molecule has 0 saturated carbocycles. The number of thiophene rings is 1. The highest BCUT2D eigenvalue weighted by molar-refractivity contribution is 8.01. The maximum absolute atomic E-state index is 12.4. The minimum Gasteiger partial charge on any atom is -0.347 e. The average Bonchev–Trinajstić information content (AvgIpc) is 3.23. The lowest BCUT2D eigenvalue weighted by Gasteiger charge is -2.20. The highest BCUT2D eigenvalue weighted by Crippen LogP contribution is 2.34. The highest BCUT2D eigenvalue weighted by atomic mass is 35.5. The maximum atomic E-state index is 12.4. The molecule has 2 fully saturated rings. The number of fused-ring (bicyclic) bond motifs is 2. The van der Waals surface area contributed by atoms with E-state index in [-0.39, 0.29) is 11.9 Å². The predicted molar refractivity (Wildman–Crippen MR) is 93.5 cm³/mol. The van der Waals surface area contributed by atoms with Crippen LogP contribution in [0.1, 0.15) is 28.9 Å². The Morgan fingerprint density at radius 3 is 3.04 bits per heavy atom. The number of carbonyl (C=O) groups is 1. The van der Waals surface area contributed by atoms with Gasteiger partial charge in [-0.1, -0.05) is 23.4 Å². The lowest BCUT2D eigenvalue weighted by molar-refractivity contribution is 0.0935. The highest BCUT2D eigenvalue weighted by Gasteiger charge is 2.39. The number of hydrogen-bond donors (Lipinski definition) is 2. The van der Waals surface area contributed by atoms with Gasteiger partial charge in [-0.3, -0.25) is 4.79 Å². The summed E-state index contributed by atoms with van der Waals surface area (Å²) in [6, 6.07) is 8.74. The third kappa shape index (κ3) is 3.40. The van der Waals surface area contributed by atoms with Crippen molar-refractivity contribution in [2.45, 2.75) is 46.6 Å². The fourth-order valence-electron chi connectivity index (χ4n) is 3.26. The van der Waals surface area contributed by atoms with Crippen LogP contribution in [0.5, 0.6) is 0 Å². The molecule has 0 aliphatic carbocycles. The molecule has 7 heteroatoms. The Morgan fingerprint density at radius 2 is 2.30 bits per heavy atom. The number of hydrogen-bond acceptors (Lipinski definition) is 5. The zero-order valence-corrected chi connectivity index (χ0v) is 14.7. The van der Waals surface area contributed by atoms with Gasteiger partial charge in [-0.25, -0.2) is 4.98 Å². The number of carbonyl (C=O) groups excluding carboxylic acids is 1. The molecule has 120 valence electrons. The van der Waals surface area contributed by atoms with Crippen LogP contribution in [0, 0.1) is 0 Å². The van der Waals surface area contributed by atoms with Crippen LogP contribution in [0.3, 0.4) is 0 Å². The molecule has 2 saturated heterocycles. The number of nitrogens with zero attached hydrogens (tertiary/aromatic N) is 1. The van der Waals surface area contributed by atoms with E-state index in [4.69, 9.17) is 11.6 Å². The summed E-state index contributed by atoms with van der Waals surface area (Å²) in [7, 11) is 0. The molecule has 4 nitrogen and oxygen atoms in total. The summed E-state index contributed by atoms with van der Waals surface area (Å²) in [4.78, 5) is 17.4. The lowest BCUT2D eigenvalue weighted by atomic mass is 9.95. The van der Waals surface area contributed by atoms with Gasteiger partial charge in [-0.2, -0.15) is 0 Å². The zero-order chi connectivity index (χ0) is 15.8. The first-order valence-corrected chi connectivity index (χ1v) is 9.64. The van der Waals surface area contributed by atoms with Gasteiger partial charge >= 0.3 is 0 Å². The largest absolute Gasteiger partial charge is 0.347 e. The second-order valence-electron chi connectivity index (χ2n) is 5.90. The Balaban J connectivity index is 1.40. The predicted octanol–water partition coefficient (Wildman–Crippen LogP) is 3.57. The summed E-state index contributed by atoms with van der Waals surface area (Å²) in [5, 5.41) is 8.22. The van der Waals surface area contributed by atoms with Gasteiger partial charge in [0.25, 0.3) is 5.91 Å². The number of rotatable bonds is 4. The van der Waals surface area contributed by atoms with Gasteiger partial charge in [0.15, 0.2) is 0 Å². The molecule has 2 aromatic rings. The Labute approximate surface area is 148 Å². The fourth-order valence-corrected chi connectivity index (χ4v) is 5.46. The Morgan fingerprint density at radius 1 is 1.39 bits per heavy atom. The molecule has 0 radical (unpaired) electrons. The van der Waals surface area contributed by atoms with Crippen molar-refractivity contribution in [3.05, 3.63) is 40.4 Å². The first-order chi connectivity index (χ1) is 11.2. The Bertz CT molecular complexity index is 736. The Hall–Kier alpha value is -1.08. The van der Waals surface area contributed by atoms with Crippen LogP contribution in [0.4, 0.5) is 0 Å². The summed E-state index contributed by atoms with van der Waals surface area (Å²) >= 11 is 8.99. The molecule has 2 aliphatic heterocycles. The Kier molecular flexibility index (Phi) is 4.32. The van der Waals surface area contributed by atoms with E-state index in [0.717, 1.165) is 20.5 Å². The van der Waals surface area contributed by atoms with E-state index in [1.165, 1.54) is 35.9 Å². The second kappa shape index (κ2) is 6.43. The van der Waals surface area contributed by atoms with E-state index in [0.29, 0.717) is 17.1 Å². The quantitative estimate of drug-likeness (QED) is 0.869. The SMILES string of the molecule is O=C(N[C@@H]1C[C@H]2CC[C@@H]1N2)c1ccc(Sc2cc(Cl)ccn2)s1. The molecule has 2 N–H and O–H groups in total. The topological polar surface area (TPSA) is 54.0 Å². The summed E-state index contributed by atoms with van der Waals surface area (Å²) in [6.07, 6.45) is 5.15. The van der Waals surface area contributed by atoms with Crippen molar-refractivity contribution < 1.29 is 4.79 Å². The van der Waals surface area contributed by atoms with Gasteiger partial charge in [0.1, 0.15) is 5.03 Å². The molecule has 1 amide bonds. The molecule has 23 heavy (non-hydrogen) atoms. The summed E-state index contributed by atoms with van der Waals surface area (Å²) in [5.41, 5.74) is 0. The molecule has 0 spiro atoms. The molecular weight excluding hydrogens is 350 g/mol. The van der Waals surface area contributed by atoms with Crippen LogP contribution >= 0.6 is 34.7 Å². The first-order valence-electron chi connectivity index (χ1n) is 7.63. The van der Waals surface area contributed by atoms with Crippen LogP contribution in [-0.4, -0.2) is 29.0 Å². The number of pyridine rings is 1. The van der Waals surface area contributed by atoms with Crippen LogP contribution in [0.25, 0.3) is 0 Å². The molecule has 2 bridgehead atoms. The van der Waals surface area contributed by atoms with Gasteiger partial charge in [0.2, 0.25) is 0 Å². The van der Waals surface area contributed by atoms with Gasteiger partial charge in [-0.15, -0.1) is 11.3 Å². The minimum absolute atomic E-state index is 0.0280. The van der Waals surface area contributed by atoms with E-state index in [1.54, 1.807) is 12.3 Å². The average molecular weight is 366 g/mol. The third-order valence-corrected chi connectivity index (χ3v) is 6.71. The van der Waals surface area contributed by atoms with E-state index in [1.807, 2.05) is 18.2 Å². The van der Waals surface area contributed by atoms with E-state index >= 15 is 0 Å². The second-order valence-corrected chi connectivity index (χ2v) is 8.74. The van der Waals surface area contributed by atoms with E-state index in [9.17, 15) is 4.79 Å². The smallest absolute Gasteiger partial charge is 0.261 e. The molecule has 2 aromatic heterocycles. The number of halogens is 1. The van der Waals surface area contributed by atoms with Crippen LogP contribution in [0.2, 0.25) is 5.02 Å². The normalized spacial score (nSPS) is 25.7. The van der Waals surface area contributed by atoms with Crippen molar-refractivity contribution in [3.63, 3.8) is 0 Å². The van der Waals surface area contributed by atoms with Crippen LogP contribution < -0.4 is 10.6 Å². The first kappa shape index (κ1) is 15.4. The molecule has 4 rings (SSSR count).